The minimum absolute atomic E-state index is 0.135. The second kappa shape index (κ2) is 15.6. The van der Waals surface area contributed by atoms with Crippen molar-refractivity contribution in [2.45, 2.75) is 62.7 Å². The van der Waals surface area contributed by atoms with Gasteiger partial charge in [-0.2, -0.15) is 0 Å². The van der Waals surface area contributed by atoms with Crippen LogP contribution in [0.25, 0.3) is 0 Å². The Morgan fingerprint density at radius 2 is 1.30 bits per heavy atom. The summed E-state index contributed by atoms with van der Waals surface area (Å²) in [6.07, 6.45) is 0.835. The number of imidazole rings is 1. The highest BCUT2D eigenvalue weighted by molar-refractivity contribution is 5.94. The molecule has 1 heterocycles. The predicted octanol–water partition coefficient (Wildman–Crippen LogP) is -1.21. The maximum atomic E-state index is 13.1. The van der Waals surface area contributed by atoms with Gasteiger partial charge in [-0.05, 0) is 24.8 Å². The van der Waals surface area contributed by atoms with E-state index < -0.39 is 79.1 Å². The molecular formula is C25H32N6O9. The number of amides is 3. The first-order valence-corrected chi connectivity index (χ1v) is 12.3. The van der Waals surface area contributed by atoms with Crippen LogP contribution in [0.5, 0.6) is 0 Å². The van der Waals surface area contributed by atoms with E-state index in [0.717, 1.165) is 5.56 Å². The maximum Gasteiger partial charge on any atom is 0.326 e. The third-order valence-electron chi connectivity index (χ3n) is 5.79. The largest absolute Gasteiger partial charge is 0.481 e. The first kappa shape index (κ1) is 31.4. The number of H-pyrrole nitrogens is 1. The smallest absolute Gasteiger partial charge is 0.326 e. The van der Waals surface area contributed by atoms with Crippen LogP contribution in [-0.2, 0) is 41.6 Å². The Morgan fingerprint density at radius 3 is 1.77 bits per heavy atom. The number of nitrogens with zero attached hydrogens (tertiary/aromatic N) is 1. The van der Waals surface area contributed by atoms with Crippen LogP contribution in [0.3, 0.4) is 0 Å². The summed E-state index contributed by atoms with van der Waals surface area (Å²) < 4.78 is 0. The van der Waals surface area contributed by atoms with Crippen LogP contribution in [0, 0.1) is 0 Å². The van der Waals surface area contributed by atoms with E-state index >= 15 is 0 Å². The molecule has 4 atom stereocenters. The molecule has 0 aliphatic heterocycles. The third-order valence-corrected chi connectivity index (χ3v) is 5.79. The molecule has 15 nitrogen and oxygen atoms in total. The number of rotatable bonds is 17. The summed E-state index contributed by atoms with van der Waals surface area (Å²) in [4.78, 5) is 79.2. The Morgan fingerprint density at radius 1 is 0.775 bits per heavy atom. The van der Waals surface area contributed by atoms with E-state index in [1.54, 1.807) is 30.3 Å². The van der Waals surface area contributed by atoms with Gasteiger partial charge in [-0.3, -0.25) is 24.0 Å². The molecule has 2 rings (SSSR count). The van der Waals surface area contributed by atoms with Gasteiger partial charge >= 0.3 is 17.9 Å². The molecule has 0 bridgehead atoms. The molecule has 0 saturated carbocycles. The average molecular weight is 561 g/mol. The van der Waals surface area contributed by atoms with Crippen LogP contribution in [0.1, 0.15) is 36.9 Å². The molecule has 15 heteroatoms. The van der Waals surface area contributed by atoms with Crippen molar-refractivity contribution in [3.8, 4) is 0 Å². The second-order valence-electron chi connectivity index (χ2n) is 8.96. The van der Waals surface area contributed by atoms with E-state index in [1.807, 2.05) is 0 Å². The van der Waals surface area contributed by atoms with Crippen LogP contribution in [-0.4, -0.2) is 85.1 Å². The maximum absolute atomic E-state index is 13.1. The van der Waals surface area contributed by atoms with E-state index in [-0.39, 0.29) is 19.3 Å². The lowest BCUT2D eigenvalue weighted by molar-refractivity contribution is -0.143. The molecule has 2 aromatic rings. The van der Waals surface area contributed by atoms with Crippen LogP contribution < -0.4 is 21.7 Å². The summed E-state index contributed by atoms with van der Waals surface area (Å²) in [6.45, 7) is 0. The summed E-state index contributed by atoms with van der Waals surface area (Å²) in [5, 5.41) is 34.7. The standard InChI is InChI=1S/C25H32N6O9/c26-16(10-14-4-2-1-3-5-14)22(36)29-17(6-8-20(32)33)23(37)30-18(7-9-21(34)35)24(38)31-19(25(39)40)11-15-12-27-13-28-15/h1-5,12-13,16-19H,6-11,26H2,(H,27,28)(H,29,36)(H,30,37)(H,31,38)(H,32,33)(H,34,35)(H,39,40). The zero-order chi connectivity index (χ0) is 29.7. The topological polar surface area (TPSA) is 254 Å². The minimum Gasteiger partial charge on any atom is -0.481 e. The predicted molar refractivity (Wildman–Crippen MR) is 138 cm³/mol. The number of hydrogen-bond acceptors (Lipinski definition) is 8. The summed E-state index contributed by atoms with van der Waals surface area (Å²) in [7, 11) is 0. The molecule has 0 aliphatic rings. The highest BCUT2D eigenvalue weighted by Gasteiger charge is 2.31. The molecule has 0 aliphatic carbocycles. The van der Waals surface area contributed by atoms with Gasteiger partial charge in [-0.1, -0.05) is 30.3 Å². The zero-order valence-electron chi connectivity index (χ0n) is 21.4. The fraction of sp³-hybridized carbons (Fsp3) is 0.400. The molecule has 3 amide bonds. The third kappa shape index (κ3) is 10.9. The molecule has 0 spiro atoms. The second-order valence-corrected chi connectivity index (χ2v) is 8.96. The van der Waals surface area contributed by atoms with Gasteiger partial charge in [0, 0.05) is 31.2 Å². The van der Waals surface area contributed by atoms with Gasteiger partial charge in [0.1, 0.15) is 18.1 Å². The van der Waals surface area contributed by atoms with E-state index in [2.05, 4.69) is 25.9 Å². The highest BCUT2D eigenvalue weighted by atomic mass is 16.4. The molecule has 0 radical (unpaired) electrons. The normalized spacial score (nSPS) is 13.7. The van der Waals surface area contributed by atoms with E-state index in [9.17, 15) is 33.9 Å². The number of aromatic nitrogens is 2. The van der Waals surface area contributed by atoms with Crippen LogP contribution in [0.4, 0.5) is 0 Å². The minimum atomic E-state index is -1.51. The summed E-state index contributed by atoms with van der Waals surface area (Å²) >= 11 is 0. The van der Waals surface area contributed by atoms with Gasteiger partial charge in [-0.15, -0.1) is 0 Å². The van der Waals surface area contributed by atoms with Gasteiger partial charge in [0.2, 0.25) is 17.7 Å². The lowest BCUT2D eigenvalue weighted by atomic mass is 10.0. The Hall–Kier alpha value is -4.79. The number of hydrogen-bond donors (Lipinski definition) is 8. The van der Waals surface area contributed by atoms with E-state index in [1.165, 1.54) is 12.5 Å². The average Bonchev–Trinajstić information content (AvgIpc) is 3.41. The first-order valence-electron chi connectivity index (χ1n) is 12.3. The number of carboxylic acid groups (broad SMARTS) is 3. The molecule has 1 aromatic carbocycles. The Bertz CT molecular complexity index is 1170. The Kier molecular flexibility index (Phi) is 12.2. The molecule has 1 aromatic heterocycles. The highest BCUT2D eigenvalue weighted by Crippen LogP contribution is 2.07. The van der Waals surface area contributed by atoms with Crippen molar-refractivity contribution in [1.82, 2.24) is 25.9 Å². The van der Waals surface area contributed by atoms with Gasteiger partial charge < -0.3 is 42.0 Å². The SMILES string of the molecule is NC(Cc1ccccc1)C(=O)NC(CCC(=O)O)C(=O)NC(CCC(=O)O)C(=O)NC(Cc1cnc[nH]1)C(=O)O. The van der Waals surface area contributed by atoms with Gasteiger partial charge in [0.25, 0.3) is 0 Å². The molecular weight excluding hydrogens is 528 g/mol. The van der Waals surface area contributed by atoms with Crippen molar-refractivity contribution in [2.24, 2.45) is 5.73 Å². The van der Waals surface area contributed by atoms with E-state index in [4.69, 9.17) is 15.9 Å². The zero-order valence-corrected chi connectivity index (χ0v) is 21.4. The number of carboxylic acids is 3. The summed E-state index contributed by atoms with van der Waals surface area (Å²) in [5.74, 6) is -6.60. The fourth-order valence-electron chi connectivity index (χ4n) is 3.67. The number of aromatic amines is 1. The van der Waals surface area contributed by atoms with Crippen molar-refractivity contribution >= 4 is 35.6 Å². The van der Waals surface area contributed by atoms with Crippen molar-refractivity contribution in [3.05, 3.63) is 54.1 Å². The first-order chi connectivity index (χ1) is 19.0. The van der Waals surface area contributed by atoms with Crippen LogP contribution in [0.15, 0.2) is 42.9 Å². The molecule has 216 valence electrons. The summed E-state index contributed by atoms with van der Waals surface area (Å²) in [6, 6.07) is 3.37. The Balaban J connectivity index is 2.15. The summed E-state index contributed by atoms with van der Waals surface area (Å²) in [5.41, 5.74) is 7.13. The molecule has 40 heavy (non-hydrogen) atoms. The number of nitrogens with two attached hydrogens (primary N) is 1. The van der Waals surface area contributed by atoms with E-state index in [0.29, 0.717) is 5.69 Å². The number of carbonyl (C=O) groups excluding carboxylic acids is 3. The molecule has 0 fully saturated rings. The quantitative estimate of drug-likeness (QED) is 0.114. The van der Waals surface area contributed by atoms with Gasteiger partial charge in [0.15, 0.2) is 0 Å². The van der Waals surface area contributed by atoms with Crippen LogP contribution in [0.2, 0.25) is 0 Å². The van der Waals surface area contributed by atoms with Crippen LogP contribution >= 0.6 is 0 Å². The van der Waals surface area contributed by atoms with Crippen molar-refractivity contribution < 1.29 is 44.1 Å². The number of benzene rings is 1. The van der Waals surface area contributed by atoms with Crippen molar-refractivity contribution in [3.63, 3.8) is 0 Å². The van der Waals surface area contributed by atoms with Crippen molar-refractivity contribution in [2.75, 3.05) is 0 Å². The van der Waals surface area contributed by atoms with Gasteiger partial charge in [-0.25, -0.2) is 9.78 Å². The lowest BCUT2D eigenvalue weighted by Gasteiger charge is -2.25. The number of carbonyl (C=O) groups is 6. The van der Waals surface area contributed by atoms with Crippen molar-refractivity contribution in [1.29, 1.82) is 0 Å². The molecule has 9 N–H and O–H groups in total. The molecule has 4 unspecified atom stereocenters. The number of nitrogens with one attached hydrogen (secondary N) is 4. The fourth-order valence-corrected chi connectivity index (χ4v) is 3.67. The molecule has 0 saturated heterocycles. The van der Waals surface area contributed by atoms with Gasteiger partial charge in [0.05, 0.1) is 12.4 Å². The lowest BCUT2D eigenvalue weighted by Crippen LogP contribution is -2.57. The monoisotopic (exact) mass is 560 g/mol. The Labute approximate surface area is 228 Å². The number of aliphatic carboxylic acids is 3.